The highest BCUT2D eigenvalue weighted by Crippen LogP contribution is 2.20. The molecule has 0 amide bonds. The van der Waals surface area contributed by atoms with E-state index in [9.17, 15) is 0 Å². The molecule has 0 spiro atoms. The van der Waals surface area contributed by atoms with Crippen molar-refractivity contribution in [3.63, 3.8) is 0 Å². The van der Waals surface area contributed by atoms with Gasteiger partial charge in [-0.2, -0.15) is 0 Å². The zero-order chi connectivity index (χ0) is 12.5. The summed E-state index contributed by atoms with van der Waals surface area (Å²) in [6.45, 7) is 0.0731. The van der Waals surface area contributed by atoms with Gasteiger partial charge in [-0.25, -0.2) is 4.98 Å². The normalized spacial score (nSPS) is 11.0. The molecule has 18 heavy (non-hydrogen) atoms. The van der Waals surface area contributed by atoms with E-state index in [2.05, 4.69) is 33.8 Å². The van der Waals surface area contributed by atoms with Crippen molar-refractivity contribution in [2.75, 3.05) is 0 Å². The topological polar surface area (TPSA) is 37.5 Å². The highest BCUT2D eigenvalue weighted by Gasteiger charge is 2.04. The zero-order valence-electron chi connectivity index (χ0n) is 9.55. The predicted molar refractivity (Wildman–Crippen MR) is 79.3 cm³/mol. The minimum absolute atomic E-state index is 0.0731. The van der Waals surface area contributed by atoms with Gasteiger partial charge in [0.15, 0.2) is 0 Å². The molecule has 0 bridgehead atoms. The van der Waals surface area contributed by atoms with Gasteiger partial charge in [0.2, 0.25) is 0 Å². The molecule has 0 saturated heterocycles. The van der Waals surface area contributed by atoms with E-state index in [4.69, 9.17) is 5.11 Å². The maximum absolute atomic E-state index is 9.02. The third-order valence-electron chi connectivity index (χ3n) is 2.85. The van der Waals surface area contributed by atoms with Crippen LogP contribution in [0.2, 0.25) is 0 Å². The van der Waals surface area contributed by atoms with Gasteiger partial charge in [-0.3, -0.25) is 0 Å². The van der Waals surface area contributed by atoms with Gasteiger partial charge in [-0.15, -0.1) is 0 Å². The Balaban J connectivity index is 2.07. The Bertz CT molecular complexity index is 689. The highest BCUT2D eigenvalue weighted by atomic mass is 127. The molecule has 3 nitrogen and oxygen atoms in total. The molecule has 0 saturated carbocycles. The zero-order valence-corrected chi connectivity index (χ0v) is 11.7. The van der Waals surface area contributed by atoms with Gasteiger partial charge < -0.3 is 9.51 Å². The van der Waals surface area contributed by atoms with E-state index in [0.717, 1.165) is 22.5 Å². The van der Waals surface area contributed by atoms with Crippen LogP contribution in [0.3, 0.4) is 0 Å². The van der Waals surface area contributed by atoms with Crippen molar-refractivity contribution in [2.45, 2.75) is 6.61 Å². The van der Waals surface area contributed by atoms with Crippen LogP contribution < -0.4 is 0 Å². The maximum Gasteiger partial charge on any atom is 0.137 e. The van der Waals surface area contributed by atoms with E-state index in [1.807, 2.05) is 47.0 Å². The Kier molecular flexibility index (Phi) is 3.05. The third-order valence-corrected chi connectivity index (χ3v) is 3.49. The van der Waals surface area contributed by atoms with E-state index in [0.29, 0.717) is 0 Å². The largest absolute Gasteiger partial charge is 0.392 e. The molecule has 0 fully saturated rings. The standard InChI is InChI=1S/C14H11IN2O/c15-12-5-6-14-16-13(8-17(14)7-12)11-3-1-10(9-18)2-4-11/h1-8,18H,9H2. The molecule has 0 radical (unpaired) electrons. The summed E-state index contributed by atoms with van der Waals surface area (Å²) in [6.07, 6.45) is 4.07. The molecule has 0 atom stereocenters. The fourth-order valence-corrected chi connectivity index (χ4v) is 2.36. The lowest BCUT2D eigenvalue weighted by atomic mass is 10.1. The fraction of sp³-hybridized carbons (Fsp3) is 0.0714. The van der Waals surface area contributed by atoms with Crippen molar-refractivity contribution in [1.82, 2.24) is 9.38 Å². The minimum atomic E-state index is 0.0731. The molecule has 0 unspecified atom stereocenters. The summed E-state index contributed by atoms with van der Waals surface area (Å²) in [4.78, 5) is 4.58. The van der Waals surface area contributed by atoms with Crippen LogP contribution in [0.15, 0.2) is 48.8 Å². The van der Waals surface area contributed by atoms with Gasteiger partial charge in [0.05, 0.1) is 12.3 Å². The number of imidazole rings is 1. The number of benzene rings is 1. The molecule has 0 aliphatic heterocycles. The molecule has 0 aliphatic carbocycles. The molecule has 2 heterocycles. The van der Waals surface area contributed by atoms with Gasteiger partial charge in [0, 0.05) is 21.5 Å². The number of aliphatic hydroxyl groups excluding tert-OH is 1. The first-order chi connectivity index (χ1) is 8.76. The van der Waals surface area contributed by atoms with Crippen LogP contribution in [0, 0.1) is 3.57 Å². The summed E-state index contributed by atoms with van der Waals surface area (Å²) in [6, 6.07) is 11.9. The van der Waals surface area contributed by atoms with Crippen LogP contribution in [-0.2, 0) is 6.61 Å². The maximum atomic E-state index is 9.02. The fourth-order valence-electron chi connectivity index (χ4n) is 1.88. The highest BCUT2D eigenvalue weighted by molar-refractivity contribution is 14.1. The Morgan fingerprint density at radius 1 is 1.06 bits per heavy atom. The molecule has 0 aliphatic rings. The van der Waals surface area contributed by atoms with E-state index in [1.165, 1.54) is 3.57 Å². The average molecular weight is 350 g/mol. The number of fused-ring (bicyclic) bond motifs is 1. The van der Waals surface area contributed by atoms with Crippen LogP contribution in [0.4, 0.5) is 0 Å². The van der Waals surface area contributed by atoms with Crippen molar-refractivity contribution >= 4 is 28.2 Å². The Morgan fingerprint density at radius 2 is 1.83 bits per heavy atom. The van der Waals surface area contributed by atoms with Crippen molar-refractivity contribution in [3.8, 4) is 11.3 Å². The minimum Gasteiger partial charge on any atom is -0.392 e. The summed E-state index contributed by atoms with van der Waals surface area (Å²) in [5.41, 5.74) is 3.86. The number of aromatic nitrogens is 2. The number of halogens is 1. The van der Waals surface area contributed by atoms with Gasteiger partial charge in [-0.05, 0) is 40.3 Å². The van der Waals surface area contributed by atoms with E-state index in [1.54, 1.807) is 0 Å². The van der Waals surface area contributed by atoms with Crippen LogP contribution in [-0.4, -0.2) is 14.5 Å². The molecule has 1 N–H and O–H groups in total. The van der Waals surface area contributed by atoms with Crippen LogP contribution in [0.25, 0.3) is 16.9 Å². The predicted octanol–water partition coefficient (Wildman–Crippen LogP) is 3.10. The Labute approximate surface area is 118 Å². The first kappa shape index (κ1) is 11.7. The van der Waals surface area contributed by atoms with Crippen LogP contribution in [0.1, 0.15) is 5.56 Å². The van der Waals surface area contributed by atoms with Gasteiger partial charge in [-0.1, -0.05) is 24.3 Å². The lowest BCUT2D eigenvalue weighted by Gasteiger charge is -1.98. The van der Waals surface area contributed by atoms with Gasteiger partial charge >= 0.3 is 0 Å². The van der Waals surface area contributed by atoms with Gasteiger partial charge in [0.1, 0.15) is 5.65 Å². The smallest absolute Gasteiger partial charge is 0.137 e. The Hall–Kier alpha value is -1.40. The number of hydrogen-bond donors (Lipinski definition) is 1. The second kappa shape index (κ2) is 4.70. The molecule has 3 rings (SSSR count). The molecule has 3 aromatic rings. The van der Waals surface area contributed by atoms with Crippen molar-refractivity contribution in [1.29, 1.82) is 0 Å². The second-order valence-electron chi connectivity index (χ2n) is 4.09. The average Bonchev–Trinajstić information content (AvgIpc) is 2.81. The number of nitrogens with zero attached hydrogens (tertiary/aromatic N) is 2. The molecule has 90 valence electrons. The first-order valence-electron chi connectivity index (χ1n) is 5.61. The summed E-state index contributed by atoms with van der Waals surface area (Å²) in [5, 5.41) is 9.02. The number of rotatable bonds is 2. The summed E-state index contributed by atoms with van der Waals surface area (Å²) in [7, 11) is 0. The molecule has 4 heteroatoms. The SMILES string of the molecule is OCc1ccc(-c2cn3cc(I)ccc3n2)cc1. The Morgan fingerprint density at radius 3 is 2.56 bits per heavy atom. The van der Waals surface area contributed by atoms with Crippen molar-refractivity contribution in [2.24, 2.45) is 0 Å². The van der Waals surface area contributed by atoms with E-state index < -0.39 is 0 Å². The monoisotopic (exact) mass is 350 g/mol. The molecule has 1 aromatic carbocycles. The van der Waals surface area contributed by atoms with E-state index in [-0.39, 0.29) is 6.61 Å². The van der Waals surface area contributed by atoms with E-state index >= 15 is 0 Å². The first-order valence-corrected chi connectivity index (χ1v) is 6.68. The lowest BCUT2D eigenvalue weighted by Crippen LogP contribution is -1.83. The van der Waals surface area contributed by atoms with Gasteiger partial charge in [0.25, 0.3) is 0 Å². The number of pyridine rings is 1. The van der Waals surface area contributed by atoms with Crippen LogP contribution in [0.5, 0.6) is 0 Å². The van der Waals surface area contributed by atoms with Crippen LogP contribution >= 0.6 is 22.6 Å². The second-order valence-corrected chi connectivity index (χ2v) is 5.34. The summed E-state index contributed by atoms with van der Waals surface area (Å²) >= 11 is 2.28. The quantitative estimate of drug-likeness (QED) is 0.722. The molecular formula is C14H11IN2O. The number of hydrogen-bond acceptors (Lipinski definition) is 2. The van der Waals surface area contributed by atoms with Crippen molar-refractivity contribution < 1.29 is 5.11 Å². The van der Waals surface area contributed by atoms with Crippen molar-refractivity contribution in [3.05, 3.63) is 57.9 Å². The third kappa shape index (κ3) is 2.13. The molecule has 2 aromatic heterocycles. The molecular weight excluding hydrogens is 339 g/mol. The lowest BCUT2D eigenvalue weighted by molar-refractivity contribution is 0.282. The summed E-state index contributed by atoms with van der Waals surface area (Å²) < 4.78 is 3.21. The summed E-state index contributed by atoms with van der Waals surface area (Å²) in [5.74, 6) is 0. The number of aliphatic hydroxyl groups is 1.